The summed E-state index contributed by atoms with van der Waals surface area (Å²) in [4.78, 5) is 2.06. The van der Waals surface area contributed by atoms with Crippen LogP contribution >= 0.6 is 0 Å². The summed E-state index contributed by atoms with van der Waals surface area (Å²) in [6, 6.07) is 2.32. The van der Waals surface area contributed by atoms with Crippen molar-refractivity contribution in [1.29, 1.82) is 5.26 Å². The average Bonchev–Trinajstić information content (AvgIpc) is 1.80. The van der Waals surface area contributed by atoms with Gasteiger partial charge in [0.25, 0.3) is 0 Å². The van der Waals surface area contributed by atoms with Gasteiger partial charge in [0.1, 0.15) is 6.07 Å². The third kappa shape index (κ3) is 1.13. The Balaban J connectivity index is 2.38. The largest absolute Gasteiger partial charge is 0.373 e. The second-order valence-corrected chi connectivity index (χ2v) is 3.14. The Bertz CT molecular complexity index is 165. The van der Waals surface area contributed by atoms with E-state index in [1.807, 2.05) is 6.07 Å². The van der Waals surface area contributed by atoms with E-state index in [0.717, 1.165) is 0 Å². The molecule has 3 heteroatoms. The van der Waals surface area contributed by atoms with Crippen LogP contribution in [0.25, 0.3) is 0 Å². The van der Waals surface area contributed by atoms with Crippen molar-refractivity contribution in [3.8, 4) is 6.07 Å². The van der Waals surface area contributed by atoms with Crippen LogP contribution in [0.2, 0.25) is 0 Å². The first-order valence-corrected chi connectivity index (χ1v) is 3.45. The van der Waals surface area contributed by atoms with E-state index in [0.29, 0.717) is 19.1 Å². The van der Waals surface area contributed by atoms with Crippen LogP contribution in [0.5, 0.6) is 0 Å². The molecule has 3 nitrogen and oxygen atoms in total. The van der Waals surface area contributed by atoms with Crippen molar-refractivity contribution in [2.45, 2.75) is 25.5 Å². The molecule has 1 rings (SSSR count). The molecule has 0 radical (unpaired) electrons. The number of β-amino-alcohol motifs (C(OH)–C–C–N with tert-alkyl or cyclic N) is 1. The van der Waals surface area contributed by atoms with E-state index < -0.39 is 5.60 Å². The molecule has 0 saturated carbocycles. The zero-order valence-corrected chi connectivity index (χ0v) is 6.33. The first-order valence-electron chi connectivity index (χ1n) is 3.45. The lowest BCUT2D eigenvalue weighted by molar-refractivity contribution is -0.0691. The van der Waals surface area contributed by atoms with Crippen LogP contribution in [0, 0.1) is 11.3 Å². The highest BCUT2D eigenvalue weighted by Gasteiger charge is 2.42. The topological polar surface area (TPSA) is 47.3 Å². The number of nitrogens with zero attached hydrogens (tertiary/aromatic N) is 2. The number of aliphatic hydroxyl groups is 1. The Labute approximate surface area is 60.9 Å². The minimum Gasteiger partial charge on any atom is -0.373 e. The lowest BCUT2D eigenvalue weighted by atomic mass is 9.95. The summed E-state index contributed by atoms with van der Waals surface area (Å²) in [6.45, 7) is 5.11. The fourth-order valence-corrected chi connectivity index (χ4v) is 1.06. The number of rotatable bonds is 1. The SMILES string of the molecule is CC(C)N1CC(O)(C#N)C1. The maximum Gasteiger partial charge on any atom is 0.176 e. The molecule has 1 aliphatic heterocycles. The van der Waals surface area contributed by atoms with Crippen LogP contribution in [0.15, 0.2) is 0 Å². The van der Waals surface area contributed by atoms with Crippen LogP contribution in [-0.2, 0) is 0 Å². The highest BCUT2D eigenvalue weighted by Crippen LogP contribution is 2.21. The van der Waals surface area contributed by atoms with Crippen molar-refractivity contribution in [2.75, 3.05) is 13.1 Å². The normalized spacial score (nSPS) is 23.9. The van der Waals surface area contributed by atoms with Crippen molar-refractivity contribution in [3.05, 3.63) is 0 Å². The minimum atomic E-state index is -1.05. The maximum absolute atomic E-state index is 9.24. The first kappa shape index (κ1) is 7.52. The van der Waals surface area contributed by atoms with Gasteiger partial charge in [-0.15, -0.1) is 0 Å². The summed E-state index contributed by atoms with van der Waals surface area (Å²) in [5.74, 6) is 0. The molecule has 1 saturated heterocycles. The lowest BCUT2D eigenvalue weighted by Crippen LogP contribution is -2.62. The van der Waals surface area contributed by atoms with Crippen LogP contribution in [0.1, 0.15) is 13.8 Å². The highest BCUT2D eigenvalue weighted by atomic mass is 16.3. The van der Waals surface area contributed by atoms with Gasteiger partial charge in [-0.3, -0.25) is 4.90 Å². The molecule has 56 valence electrons. The molecule has 0 atom stereocenters. The molecule has 1 fully saturated rings. The third-order valence-electron chi connectivity index (χ3n) is 1.87. The van der Waals surface area contributed by atoms with Gasteiger partial charge in [0.15, 0.2) is 5.60 Å². The van der Waals surface area contributed by atoms with E-state index >= 15 is 0 Å². The predicted octanol–water partition coefficient (Wildman–Crippen LogP) is -0.0349. The third-order valence-corrected chi connectivity index (χ3v) is 1.87. The molecule has 10 heavy (non-hydrogen) atoms. The molecule has 0 unspecified atom stereocenters. The maximum atomic E-state index is 9.24. The van der Waals surface area contributed by atoms with Crippen LogP contribution < -0.4 is 0 Å². The van der Waals surface area contributed by atoms with Crippen LogP contribution in [-0.4, -0.2) is 34.7 Å². The van der Waals surface area contributed by atoms with Gasteiger partial charge >= 0.3 is 0 Å². The smallest absolute Gasteiger partial charge is 0.176 e. The zero-order chi connectivity index (χ0) is 7.78. The second-order valence-electron chi connectivity index (χ2n) is 3.14. The quantitative estimate of drug-likeness (QED) is 0.520. The fourth-order valence-electron chi connectivity index (χ4n) is 1.06. The summed E-state index contributed by atoms with van der Waals surface area (Å²) < 4.78 is 0. The van der Waals surface area contributed by atoms with Gasteiger partial charge < -0.3 is 5.11 Å². The summed E-state index contributed by atoms with van der Waals surface area (Å²) >= 11 is 0. The Morgan fingerprint density at radius 2 is 2.10 bits per heavy atom. The van der Waals surface area contributed by atoms with E-state index in [1.54, 1.807) is 0 Å². The molecule has 1 heterocycles. The van der Waals surface area contributed by atoms with Gasteiger partial charge in [-0.05, 0) is 13.8 Å². The van der Waals surface area contributed by atoms with Crippen molar-refractivity contribution in [2.24, 2.45) is 0 Å². The predicted molar refractivity (Wildman–Crippen MR) is 37.3 cm³/mol. The standard InChI is InChI=1S/C7H12N2O/c1-6(2)9-4-7(10,3-8)5-9/h6,10H,4-5H2,1-2H3. The number of likely N-dealkylation sites (tertiary alicyclic amines) is 1. The van der Waals surface area contributed by atoms with Gasteiger partial charge in [-0.2, -0.15) is 5.26 Å². The fraction of sp³-hybridized carbons (Fsp3) is 0.857. The van der Waals surface area contributed by atoms with Crippen molar-refractivity contribution >= 4 is 0 Å². The molecule has 0 aromatic rings. The minimum absolute atomic E-state index is 0.439. The molecule has 0 aromatic heterocycles. The summed E-state index contributed by atoms with van der Waals surface area (Å²) in [5.41, 5.74) is -1.05. The van der Waals surface area contributed by atoms with Crippen molar-refractivity contribution in [1.82, 2.24) is 4.90 Å². The molecule has 1 N–H and O–H groups in total. The van der Waals surface area contributed by atoms with Crippen LogP contribution in [0.4, 0.5) is 0 Å². The molecule has 0 bridgehead atoms. The summed E-state index contributed by atoms with van der Waals surface area (Å²) in [6.07, 6.45) is 0. The number of hydrogen-bond acceptors (Lipinski definition) is 3. The molecular weight excluding hydrogens is 128 g/mol. The summed E-state index contributed by atoms with van der Waals surface area (Å²) in [5, 5.41) is 17.7. The van der Waals surface area contributed by atoms with E-state index in [2.05, 4.69) is 18.7 Å². The molecule has 0 amide bonds. The van der Waals surface area contributed by atoms with E-state index in [4.69, 9.17) is 5.26 Å². The Hall–Kier alpha value is -0.590. The van der Waals surface area contributed by atoms with E-state index in [1.165, 1.54) is 0 Å². The van der Waals surface area contributed by atoms with Gasteiger partial charge in [0, 0.05) is 19.1 Å². The van der Waals surface area contributed by atoms with Crippen molar-refractivity contribution < 1.29 is 5.11 Å². The first-order chi connectivity index (χ1) is 4.57. The van der Waals surface area contributed by atoms with Gasteiger partial charge in [-0.1, -0.05) is 0 Å². The zero-order valence-electron chi connectivity index (χ0n) is 6.33. The second kappa shape index (κ2) is 2.22. The Kier molecular flexibility index (Phi) is 1.67. The Morgan fingerprint density at radius 1 is 1.60 bits per heavy atom. The van der Waals surface area contributed by atoms with E-state index in [9.17, 15) is 5.11 Å². The number of hydrogen-bond donors (Lipinski definition) is 1. The van der Waals surface area contributed by atoms with E-state index in [-0.39, 0.29) is 0 Å². The average molecular weight is 140 g/mol. The van der Waals surface area contributed by atoms with Gasteiger partial charge in [0.05, 0.1) is 0 Å². The lowest BCUT2D eigenvalue weighted by Gasteiger charge is -2.44. The monoisotopic (exact) mass is 140 g/mol. The molecule has 0 spiro atoms. The summed E-state index contributed by atoms with van der Waals surface area (Å²) in [7, 11) is 0. The highest BCUT2D eigenvalue weighted by molar-refractivity contribution is 5.11. The molecule has 0 aliphatic carbocycles. The Morgan fingerprint density at radius 3 is 2.40 bits per heavy atom. The van der Waals surface area contributed by atoms with Gasteiger partial charge in [-0.25, -0.2) is 0 Å². The molecule has 1 aliphatic rings. The molecule has 0 aromatic carbocycles. The van der Waals surface area contributed by atoms with Crippen molar-refractivity contribution in [3.63, 3.8) is 0 Å². The van der Waals surface area contributed by atoms with Gasteiger partial charge in [0.2, 0.25) is 0 Å². The number of nitriles is 1. The molecular formula is C7H12N2O. The van der Waals surface area contributed by atoms with Crippen LogP contribution in [0.3, 0.4) is 0 Å².